The highest BCUT2D eigenvalue weighted by Gasteiger charge is 2.18. The number of aromatic nitrogens is 1. The molecule has 0 fully saturated rings. The van der Waals surface area contributed by atoms with Gasteiger partial charge in [0.15, 0.2) is 5.13 Å². The van der Waals surface area contributed by atoms with Gasteiger partial charge in [-0.25, -0.2) is 4.98 Å². The first-order valence-electron chi connectivity index (χ1n) is 7.77. The monoisotopic (exact) mass is 385 g/mol. The Labute approximate surface area is 155 Å². The molecule has 25 heavy (non-hydrogen) atoms. The van der Waals surface area contributed by atoms with E-state index in [1.165, 1.54) is 29.8 Å². The van der Waals surface area contributed by atoms with Crippen LogP contribution in [-0.4, -0.2) is 41.5 Å². The Balaban J connectivity index is 0.000000333. The maximum absolute atomic E-state index is 9.41. The number of hydrogen-bond donors (Lipinski definition) is 1. The van der Waals surface area contributed by atoms with E-state index in [1.807, 2.05) is 0 Å². The number of hydrogen-bond acceptors (Lipinski definition) is 8. The van der Waals surface area contributed by atoms with Crippen LogP contribution in [-0.2, 0) is 9.59 Å². The van der Waals surface area contributed by atoms with Gasteiger partial charge in [0.2, 0.25) is 0 Å². The Kier molecular flexibility index (Phi) is 9.18. The summed E-state index contributed by atoms with van der Waals surface area (Å²) >= 11 is 7.50. The van der Waals surface area contributed by atoms with Crippen molar-refractivity contribution in [2.45, 2.75) is 26.2 Å². The van der Waals surface area contributed by atoms with Crippen molar-refractivity contribution in [1.29, 1.82) is 0 Å². The zero-order valence-electron chi connectivity index (χ0n) is 13.9. The number of carboxylic acids is 2. The second-order valence-corrected chi connectivity index (χ2v) is 6.93. The highest BCUT2D eigenvalue weighted by Crippen LogP contribution is 2.32. The van der Waals surface area contributed by atoms with E-state index in [2.05, 4.69) is 22.9 Å². The summed E-state index contributed by atoms with van der Waals surface area (Å²) in [6, 6.07) is 0. The van der Waals surface area contributed by atoms with E-state index in [1.54, 1.807) is 0 Å². The normalized spacial score (nSPS) is 14.7. The number of carbonyl (C=O) groups excluding carboxylic acids is 2. The number of anilines is 1. The van der Waals surface area contributed by atoms with Gasteiger partial charge in [-0.15, -0.1) is 0 Å². The second kappa shape index (κ2) is 10.9. The first-order chi connectivity index (χ1) is 11.8. The fraction of sp³-hybridized carbons (Fsp3) is 0.438. The van der Waals surface area contributed by atoms with E-state index < -0.39 is 11.9 Å². The van der Waals surface area contributed by atoms with Gasteiger partial charge in [0.1, 0.15) is 4.34 Å². The molecule has 0 radical (unpaired) electrons. The molecule has 1 aliphatic rings. The topological polar surface area (TPSA) is 122 Å². The average Bonchev–Trinajstić information content (AvgIpc) is 2.90. The quantitative estimate of drug-likeness (QED) is 0.699. The minimum Gasteiger partial charge on any atom is -0.545 e. The molecule has 0 unspecified atom stereocenters. The van der Waals surface area contributed by atoms with E-state index in [4.69, 9.17) is 17.3 Å². The van der Waals surface area contributed by atoms with E-state index >= 15 is 0 Å². The third-order valence-electron chi connectivity index (χ3n) is 3.32. The summed E-state index contributed by atoms with van der Waals surface area (Å²) in [5.41, 5.74) is 7.79. The van der Waals surface area contributed by atoms with Crippen molar-refractivity contribution in [2.75, 3.05) is 25.4 Å². The molecule has 0 atom stereocenters. The van der Waals surface area contributed by atoms with Gasteiger partial charge in [0.05, 0.1) is 17.6 Å². The van der Waals surface area contributed by atoms with Crippen molar-refractivity contribution in [2.24, 2.45) is 0 Å². The molecule has 0 aromatic carbocycles. The molecule has 0 aliphatic carbocycles. The number of nitrogen functional groups attached to an aromatic ring is 1. The number of carboxylic acid groups (broad SMARTS) is 2. The Bertz CT molecular complexity index is 642. The number of carbonyl (C=O) groups is 2. The maximum atomic E-state index is 9.41. The highest BCUT2D eigenvalue weighted by atomic mass is 35.5. The summed E-state index contributed by atoms with van der Waals surface area (Å²) in [5.74, 6) is -3.09. The first-order valence-corrected chi connectivity index (χ1v) is 8.96. The Morgan fingerprint density at radius 1 is 1.40 bits per heavy atom. The lowest BCUT2D eigenvalue weighted by Crippen LogP contribution is -2.30. The number of halogens is 1. The van der Waals surface area contributed by atoms with Gasteiger partial charge in [-0.2, -0.15) is 0 Å². The van der Waals surface area contributed by atoms with Gasteiger partial charge in [-0.1, -0.05) is 42.4 Å². The van der Waals surface area contributed by atoms with Gasteiger partial charge in [-0.05, 0) is 37.1 Å². The predicted molar refractivity (Wildman–Crippen MR) is 94.6 cm³/mol. The molecule has 2 N–H and O–H groups in total. The molecular weight excluding hydrogens is 366 g/mol. The summed E-state index contributed by atoms with van der Waals surface area (Å²) in [5, 5.41) is 19.4. The Morgan fingerprint density at radius 2 is 2.04 bits per heavy atom. The van der Waals surface area contributed by atoms with Crippen LogP contribution in [0.2, 0.25) is 4.34 Å². The molecule has 9 heteroatoms. The van der Waals surface area contributed by atoms with Gasteiger partial charge in [0.25, 0.3) is 0 Å². The van der Waals surface area contributed by atoms with Crippen molar-refractivity contribution in [3.05, 3.63) is 28.3 Å². The lowest BCUT2D eigenvalue weighted by atomic mass is 10.1. The molecule has 1 aliphatic heterocycles. The van der Waals surface area contributed by atoms with Crippen LogP contribution in [0.25, 0.3) is 5.57 Å². The van der Waals surface area contributed by atoms with Crippen molar-refractivity contribution < 1.29 is 19.8 Å². The fourth-order valence-electron chi connectivity index (χ4n) is 2.20. The zero-order valence-corrected chi connectivity index (χ0v) is 15.4. The van der Waals surface area contributed by atoms with Crippen molar-refractivity contribution in [3.8, 4) is 0 Å². The third kappa shape index (κ3) is 8.15. The third-order valence-corrected chi connectivity index (χ3v) is 4.40. The molecule has 0 saturated heterocycles. The Morgan fingerprint density at radius 3 is 2.52 bits per heavy atom. The molecule has 2 heterocycles. The largest absolute Gasteiger partial charge is 0.545 e. The molecule has 0 saturated carbocycles. The van der Waals surface area contributed by atoms with Crippen LogP contribution in [0.5, 0.6) is 0 Å². The summed E-state index contributed by atoms with van der Waals surface area (Å²) in [6.07, 6.45) is 6.57. The van der Waals surface area contributed by atoms with Crippen LogP contribution in [0, 0.1) is 0 Å². The van der Waals surface area contributed by atoms with Crippen molar-refractivity contribution in [1.82, 2.24) is 9.88 Å². The van der Waals surface area contributed by atoms with E-state index in [0.717, 1.165) is 31.7 Å². The fourth-order valence-corrected chi connectivity index (χ4v) is 3.20. The van der Waals surface area contributed by atoms with Crippen LogP contribution in [0.1, 0.15) is 31.9 Å². The maximum Gasteiger partial charge on any atom is 0.182 e. The summed E-state index contributed by atoms with van der Waals surface area (Å²) in [7, 11) is 0. The molecule has 0 bridgehead atoms. The molecule has 1 aromatic rings. The molecule has 0 spiro atoms. The number of nitrogens with zero attached hydrogens (tertiary/aromatic N) is 2. The molecule has 2 rings (SSSR count). The average molecular weight is 386 g/mol. The standard InChI is InChI=1S/C12H18ClN3S.C4H4O4/c1-2-3-6-16-7-4-5-9(8-16)10-11(13)17-12(14)15-10;5-3(6)1-2-4(7)8/h5H,2-4,6-8H2,1H3,(H2,14,15);1-2H,(H,5,6)(H,7,8)/p-2/b;2-1-. The van der Waals surface area contributed by atoms with Gasteiger partial charge < -0.3 is 25.5 Å². The van der Waals surface area contributed by atoms with E-state index in [9.17, 15) is 19.8 Å². The summed E-state index contributed by atoms with van der Waals surface area (Å²) in [6.45, 7) is 5.47. The number of nitrogens with two attached hydrogens (primary N) is 1. The molecule has 0 amide bonds. The van der Waals surface area contributed by atoms with E-state index in [0.29, 0.717) is 21.6 Å². The smallest absolute Gasteiger partial charge is 0.182 e. The summed E-state index contributed by atoms with van der Waals surface area (Å²) in [4.78, 5) is 25.6. The van der Waals surface area contributed by atoms with Crippen LogP contribution < -0.4 is 15.9 Å². The Hall–Kier alpha value is -1.90. The van der Waals surface area contributed by atoms with Crippen LogP contribution in [0.15, 0.2) is 18.2 Å². The lowest BCUT2D eigenvalue weighted by Gasteiger charge is -2.26. The van der Waals surface area contributed by atoms with Gasteiger partial charge in [-0.3, -0.25) is 4.90 Å². The van der Waals surface area contributed by atoms with E-state index in [-0.39, 0.29) is 0 Å². The molecule has 138 valence electrons. The highest BCUT2D eigenvalue weighted by molar-refractivity contribution is 7.19. The number of aliphatic carboxylic acids is 2. The predicted octanol–water partition coefficient (Wildman–Crippen LogP) is 0.310. The first kappa shape index (κ1) is 21.1. The minimum absolute atomic E-state index is 0.384. The molecular formula is C16H20ClN3O4S-2. The minimum atomic E-state index is -1.55. The number of unbranched alkanes of at least 4 members (excludes halogenated alkanes) is 1. The van der Waals surface area contributed by atoms with Gasteiger partial charge in [0, 0.05) is 13.1 Å². The molecule has 7 nitrogen and oxygen atoms in total. The number of rotatable bonds is 6. The zero-order chi connectivity index (χ0) is 18.8. The molecule has 1 aromatic heterocycles. The second-order valence-electron chi connectivity index (χ2n) is 5.29. The number of thiazole rings is 1. The van der Waals surface area contributed by atoms with Crippen molar-refractivity contribution in [3.63, 3.8) is 0 Å². The van der Waals surface area contributed by atoms with Crippen LogP contribution in [0.4, 0.5) is 5.13 Å². The van der Waals surface area contributed by atoms with Crippen molar-refractivity contribution >= 4 is 45.6 Å². The SMILES string of the molecule is CCCCN1CCC=C(c2nc(N)sc2Cl)C1.O=C([O-])/C=C\C(=O)[O-]. The van der Waals surface area contributed by atoms with Crippen LogP contribution in [0.3, 0.4) is 0 Å². The summed E-state index contributed by atoms with van der Waals surface area (Å²) < 4.78 is 0.714. The van der Waals surface area contributed by atoms with Gasteiger partial charge >= 0.3 is 0 Å². The van der Waals surface area contributed by atoms with Crippen LogP contribution >= 0.6 is 22.9 Å². The lowest BCUT2D eigenvalue weighted by molar-refractivity contribution is -0.301.